The van der Waals surface area contributed by atoms with Crippen LogP contribution in [0.2, 0.25) is 0 Å². The number of benzene rings is 1. The lowest BCUT2D eigenvalue weighted by Gasteiger charge is -2.24. The van der Waals surface area contributed by atoms with Crippen LogP contribution in [0.3, 0.4) is 0 Å². The second-order valence-corrected chi connectivity index (χ2v) is 4.25. The molecule has 0 amide bonds. The van der Waals surface area contributed by atoms with Gasteiger partial charge < -0.3 is 15.1 Å². The Balaban J connectivity index is 2.49. The highest BCUT2D eigenvalue weighted by atomic mass is 16.4. The summed E-state index contributed by atoms with van der Waals surface area (Å²) in [5.74, 6) is -0.752. The Morgan fingerprint density at radius 3 is 2.33 bits per heavy atom. The molecular weight excluding hydrogens is 230 g/mol. The number of aliphatic hydroxyl groups excluding tert-OH is 1. The van der Waals surface area contributed by atoms with E-state index in [2.05, 4.69) is 4.90 Å². The van der Waals surface area contributed by atoms with E-state index in [4.69, 9.17) is 10.2 Å². The molecule has 0 unspecified atom stereocenters. The lowest BCUT2D eigenvalue weighted by Crippen LogP contribution is -2.26. The molecule has 18 heavy (non-hydrogen) atoms. The van der Waals surface area contributed by atoms with Crippen molar-refractivity contribution in [1.82, 2.24) is 0 Å². The van der Waals surface area contributed by atoms with Gasteiger partial charge in [-0.3, -0.25) is 4.79 Å². The summed E-state index contributed by atoms with van der Waals surface area (Å²) in [4.78, 5) is 12.7. The van der Waals surface area contributed by atoms with E-state index in [1.807, 2.05) is 30.3 Å². The van der Waals surface area contributed by atoms with E-state index in [0.29, 0.717) is 6.42 Å². The Morgan fingerprint density at radius 2 is 1.72 bits per heavy atom. The van der Waals surface area contributed by atoms with Crippen molar-refractivity contribution in [3.63, 3.8) is 0 Å². The third-order valence-electron chi connectivity index (χ3n) is 2.78. The average Bonchev–Trinajstić information content (AvgIpc) is 2.38. The largest absolute Gasteiger partial charge is 0.481 e. The van der Waals surface area contributed by atoms with Crippen LogP contribution >= 0.6 is 0 Å². The van der Waals surface area contributed by atoms with Crippen LogP contribution in [0.5, 0.6) is 0 Å². The van der Waals surface area contributed by atoms with E-state index in [0.717, 1.165) is 31.6 Å². The Morgan fingerprint density at radius 1 is 1.06 bits per heavy atom. The smallest absolute Gasteiger partial charge is 0.303 e. The quantitative estimate of drug-likeness (QED) is 0.660. The molecule has 0 bridgehead atoms. The number of para-hydroxylation sites is 1. The SMILES string of the molecule is O=C(O)CCCN(CCCCO)c1ccccc1. The molecule has 0 atom stereocenters. The van der Waals surface area contributed by atoms with Crippen LogP contribution in [-0.2, 0) is 4.79 Å². The third-order valence-corrected chi connectivity index (χ3v) is 2.78. The predicted octanol–water partition coefficient (Wildman–Crippen LogP) is 2.13. The second kappa shape index (κ2) is 8.53. The molecule has 0 aliphatic heterocycles. The first-order valence-corrected chi connectivity index (χ1v) is 6.36. The van der Waals surface area contributed by atoms with Crippen molar-refractivity contribution in [1.29, 1.82) is 0 Å². The van der Waals surface area contributed by atoms with Gasteiger partial charge in [0.2, 0.25) is 0 Å². The van der Waals surface area contributed by atoms with E-state index in [1.54, 1.807) is 0 Å². The van der Waals surface area contributed by atoms with Crippen LogP contribution in [0.4, 0.5) is 5.69 Å². The number of nitrogens with zero attached hydrogens (tertiary/aromatic N) is 1. The minimum atomic E-state index is -0.752. The van der Waals surface area contributed by atoms with Gasteiger partial charge in [0.25, 0.3) is 0 Å². The highest BCUT2D eigenvalue weighted by Gasteiger charge is 2.06. The van der Waals surface area contributed by atoms with Gasteiger partial charge in [-0.1, -0.05) is 18.2 Å². The molecule has 0 heterocycles. The van der Waals surface area contributed by atoms with Crippen molar-refractivity contribution in [2.75, 3.05) is 24.6 Å². The van der Waals surface area contributed by atoms with E-state index >= 15 is 0 Å². The van der Waals surface area contributed by atoms with Gasteiger partial charge in [0, 0.05) is 31.8 Å². The maximum Gasteiger partial charge on any atom is 0.303 e. The summed E-state index contributed by atoms with van der Waals surface area (Å²) < 4.78 is 0. The van der Waals surface area contributed by atoms with Crippen molar-refractivity contribution < 1.29 is 15.0 Å². The van der Waals surface area contributed by atoms with Crippen molar-refractivity contribution in [2.45, 2.75) is 25.7 Å². The second-order valence-electron chi connectivity index (χ2n) is 4.25. The average molecular weight is 251 g/mol. The molecule has 0 saturated carbocycles. The van der Waals surface area contributed by atoms with Crippen LogP contribution in [0.1, 0.15) is 25.7 Å². The Kier molecular flexibility index (Phi) is 6.87. The lowest BCUT2D eigenvalue weighted by molar-refractivity contribution is -0.137. The van der Waals surface area contributed by atoms with Crippen LogP contribution in [0.25, 0.3) is 0 Å². The van der Waals surface area contributed by atoms with Crippen LogP contribution in [0, 0.1) is 0 Å². The van der Waals surface area contributed by atoms with Gasteiger partial charge in [0.15, 0.2) is 0 Å². The molecule has 0 spiro atoms. The van der Waals surface area contributed by atoms with Gasteiger partial charge in [-0.25, -0.2) is 0 Å². The fourth-order valence-electron chi connectivity index (χ4n) is 1.84. The number of carboxylic acids is 1. The van der Waals surface area contributed by atoms with Gasteiger partial charge in [-0.05, 0) is 31.4 Å². The van der Waals surface area contributed by atoms with E-state index in [9.17, 15) is 4.79 Å². The Bertz CT molecular complexity index is 340. The summed E-state index contributed by atoms with van der Waals surface area (Å²) in [7, 11) is 0. The molecule has 4 nitrogen and oxygen atoms in total. The van der Waals surface area contributed by atoms with Crippen molar-refractivity contribution in [3.05, 3.63) is 30.3 Å². The molecule has 0 aliphatic carbocycles. The fourth-order valence-corrected chi connectivity index (χ4v) is 1.84. The highest BCUT2D eigenvalue weighted by molar-refractivity contribution is 5.66. The van der Waals surface area contributed by atoms with Crippen LogP contribution in [0.15, 0.2) is 30.3 Å². The normalized spacial score (nSPS) is 10.3. The summed E-state index contributed by atoms with van der Waals surface area (Å²) >= 11 is 0. The number of carboxylic acid groups (broad SMARTS) is 1. The van der Waals surface area contributed by atoms with Gasteiger partial charge in [-0.2, -0.15) is 0 Å². The molecule has 0 saturated heterocycles. The Labute approximate surface area is 108 Å². The van der Waals surface area contributed by atoms with E-state index in [1.165, 1.54) is 0 Å². The lowest BCUT2D eigenvalue weighted by atomic mass is 10.2. The molecule has 1 aromatic carbocycles. The van der Waals surface area contributed by atoms with Crippen molar-refractivity contribution in [2.24, 2.45) is 0 Å². The van der Waals surface area contributed by atoms with Gasteiger partial charge >= 0.3 is 5.97 Å². The van der Waals surface area contributed by atoms with Crippen LogP contribution < -0.4 is 4.90 Å². The molecule has 0 aromatic heterocycles. The van der Waals surface area contributed by atoms with Gasteiger partial charge in [0.1, 0.15) is 0 Å². The maximum atomic E-state index is 10.5. The summed E-state index contributed by atoms with van der Waals surface area (Å²) in [6.07, 6.45) is 2.54. The minimum Gasteiger partial charge on any atom is -0.481 e. The molecule has 0 fully saturated rings. The zero-order valence-corrected chi connectivity index (χ0v) is 10.6. The van der Waals surface area contributed by atoms with E-state index in [-0.39, 0.29) is 13.0 Å². The fraction of sp³-hybridized carbons (Fsp3) is 0.500. The van der Waals surface area contributed by atoms with E-state index < -0.39 is 5.97 Å². The predicted molar refractivity (Wildman–Crippen MR) is 71.8 cm³/mol. The van der Waals surface area contributed by atoms with Gasteiger partial charge in [-0.15, -0.1) is 0 Å². The first-order chi connectivity index (χ1) is 8.74. The topological polar surface area (TPSA) is 60.8 Å². The first-order valence-electron chi connectivity index (χ1n) is 6.36. The standard InChI is InChI=1S/C14H21NO3/c16-12-5-4-10-15(11-6-9-14(17)18)13-7-2-1-3-8-13/h1-3,7-8,16H,4-6,9-12H2,(H,17,18). The zero-order valence-electron chi connectivity index (χ0n) is 10.6. The maximum absolute atomic E-state index is 10.5. The molecule has 0 aliphatic rings. The van der Waals surface area contributed by atoms with Crippen molar-refractivity contribution >= 4 is 11.7 Å². The number of aliphatic hydroxyl groups is 1. The third kappa shape index (κ3) is 5.68. The molecular formula is C14H21NO3. The molecule has 0 radical (unpaired) electrons. The van der Waals surface area contributed by atoms with Crippen molar-refractivity contribution in [3.8, 4) is 0 Å². The molecule has 1 rings (SSSR count). The Hall–Kier alpha value is -1.55. The number of hydrogen-bond donors (Lipinski definition) is 2. The number of carbonyl (C=O) groups is 1. The monoisotopic (exact) mass is 251 g/mol. The zero-order chi connectivity index (χ0) is 13.2. The van der Waals surface area contributed by atoms with Gasteiger partial charge in [0.05, 0.1) is 0 Å². The number of hydrogen-bond acceptors (Lipinski definition) is 3. The number of aliphatic carboxylic acids is 1. The highest BCUT2D eigenvalue weighted by Crippen LogP contribution is 2.14. The molecule has 100 valence electrons. The molecule has 1 aromatic rings. The minimum absolute atomic E-state index is 0.198. The van der Waals surface area contributed by atoms with Crippen LogP contribution in [-0.4, -0.2) is 35.9 Å². The molecule has 2 N–H and O–H groups in total. The number of anilines is 1. The first kappa shape index (κ1) is 14.5. The summed E-state index contributed by atoms with van der Waals surface area (Å²) in [5, 5.41) is 17.5. The summed E-state index contributed by atoms with van der Waals surface area (Å²) in [6.45, 7) is 1.80. The summed E-state index contributed by atoms with van der Waals surface area (Å²) in [5.41, 5.74) is 1.11. The number of rotatable bonds is 9. The molecule has 4 heteroatoms. The number of unbranched alkanes of at least 4 members (excludes halogenated alkanes) is 1. The summed E-state index contributed by atoms with van der Waals surface area (Å²) in [6, 6.07) is 9.98.